The number of nitrogens with zero attached hydrogens (tertiary/aromatic N) is 2. The highest BCUT2D eigenvalue weighted by molar-refractivity contribution is 5.58. The first-order valence-electron chi connectivity index (χ1n) is 8.39. The standard InChI is InChI=1S/C19H32N2O2/c1-6-20(3)13-11-19(2,16-22)12-14-21(4)15-17-7-9-18(23-5)10-8-17/h7-10,16H,6,11-15H2,1-5H3. The van der Waals surface area contributed by atoms with Gasteiger partial charge < -0.3 is 19.3 Å². The van der Waals surface area contributed by atoms with E-state index in [4.69, 9.17) is 4.74 Å². The second-order valence-electron chi connectivity index (χ2n) is 6.75. The van der Waals surface area contributed by atoms with Crippen molar-refractivity contribution in [3.63, 3.8) is 0 Å². The van der Waals surface area contributed by atoms with Gasteiger partial charge in [0.25, 0.3) is 0 Å². The lowest BCUT2D eigenvalue weighted by atomic mass is 9.84. The van der Waals surface area contributed by atoms with Gasteiger partial charge in [-0.1, -0.05) is 26.0 Å². The van der Waals surface area contributed by atoms with Gasteiger partial charge in [-0.05, 0) is 64.3 Å². The second kappa shape index (κ2) is 9.68. The molecular weight excluding hydrogens is 288 g/mol. The molecule has 1 aromatic rings. The first-order chi connectivity index (χ1) is 10.9. The molecule has 0 spiro atoms. The van der Waals surface area contributed by atoms with Crippen LogP contribution < -0.4 is 4.74 Å². The van der Waals surface area contributed by atoms with E-state index >= 15 is 0 Å². The minimum absolute atomic E-state index is 0.238. The number of rotatable bonds is 11. The number of carbonyl (C=O) groups is 1. The van der Waals surface area contributed by atoms with Crippen LogP contribution in [0.25, 0.3) is 0 Å². The van der Waals surface area contributed by atoms with Crippen LogP contribution in [0.3, 0.4) is 0 Å². The maximum absolute atomic E-state index is 11.5. The van der Waals surface area contributed by atoms with Crippen molar-refractivity contribution in [2.75, 3.05) is 40.8 Å². The summed E-state index contributed by atoms with van der Waals surface area (Å²) < 4.78 is 5.18. The average Bonchev–Trinajstić information content (AvgIpc) is 2.58. The van der Waals surface area contributed by atoms with Crippen LogP contribution in [0, 0.1) is 5.41 Å². The van der Waals surface area contributed by atoms with Gasteiger partial charge in [-0.2, -0.15) is 0 Å². The summed E-state index contributed by atoms with van der Waals surface area (Å²) in [7, 11) is 5.88. The molecule has 4 nitrogen and oxygen atoms in total. The molecule has 23 heavy (non-hydrogen) atoms. The molecule has 0 amide bonds. The van der Waals surface area contributed by atoms with E-state index in [0.717, 1.165) is 51.1 Å². The molecule has 0 saturated heterocycles. The number of hydrogen-bond donors (Lipinski definition) is 0. The van der Waals surface area contributed by atoms with E-state index in [2.05, 4.69) is 49.9 Å². The third kappa shape index (κ3) is 7.14. The minimum atomic E-state index is -0.238. The Hall–Kier alpha value is -1.39. The Morgan fingerprint density at radius 1 is 1.09 bits per heavy atom. The molecule has 0 aliphatic rings. The van der Waals surface area contributed by atoms with Crippen LogP contribution in [0.15, 0.2) is 24.3 Å². The smallest absolute Gasteiger partial charge is 0.125 e. The largest absolute Gasteiger partial charge is 0.497 e. The van der Waals surface area contributed by atoms with E-state index in [9.17, 15) is 4.79 Å². The van der Waals surface area contributed by atoms with Gasteiger partial charge in [0.15, 0.2) is 0 Å². The van der Waals surface area contributed by atoms with Gasteiger partial charge in [-0.3, -0.25) is 0 Å². The van der Waals surface area contributed by atoms with Crippen LogP contribution in [0.5, 0.6) is 5.75 Å². The van der Waals surface area contributed by atoms with Gasteiger partial charge >= 0.3 is 0 Å². The molecule has 0 heterocycles. The quantitative estimate of drug-likeness (QED) is 0.587. The SMILES string of the molecule is CCN(C)CCC(C)(C=O)CCN(C)Cc1ccc(OC)cc1. The Kier molecular flexibility index (Phi) is 8.28. The average molecular weight is 320 g/mol. The van der Waals surface area contributed by atoms with Crippen molar-refractivity contribution < 1.29 is 9.53 Å². The zero-order chi connectivity index (χ0) is 17.3. The van der Waals surface area contributed by atoms with Gasteiger partial charge in [-0.25, -0.2) is 0 Å². The highest BCUT2D eigenvalue weighted by Crippen LogP contribution is 2.24. The number of aldehydes is 1. The van der Waals surface area contributed by atoms with Crippen molar-refractivity contribution in [1.82, 2.24) is 9.80 Å². The molecule has 0 fully saturated rings. The molecule has 0 bridgehead atoms. The Morgan fingerprint density at radius 3 is 2.13 bits per heavy atom. The number of hydrogen-bond acceptors (Lipinski definition) is 4. The molecule has 4 heteroatoms. The second-order valence-corrected chi connectivity index (χ2v) is 6.75. The fraction of sp³-hybridized carbons (Fsp3) is 0.632. The molecule has 0 aliphatic carbocycles. The van der Waals surface area contributed by atoms with Crippen molar-refractivity contribution in [3.05, 3.63) is 29.8 Å². The van der Waals surface area contributed by atoms with Crippen LogP contribution in [0.4, 0.5) is 0 Å². The number of methoxy groups -OCH3 is 1. The summed E-state index contributed by atoms with van der Waals surface area (Å²) in [6.07, 6.45) is 2.94. The van der Waals surface area contributed by atoms with E-state index in [1.54, 1.807) is 7.11 Å². The summed E-state index contributed by atoms with van der Waals surface area (Å²) in [4.78, 5) is 16.0. The third-order valence-corrected chi connectivity index (χ3v) is 4.57. The van der Waals surface area contributed by atoms with E-state index in [0.29, 0.717) is 0 Å². The van der Waals surface area contributed by atoms with E-state index in [-0.39, 0.29) is 5.41 Å². The summed E-state index contributed by atoms with van der Waals surface area (Å²) in [6.45, 7) is 8.00. The summed E-state index contributed by atoms with van der Waals surface area (Å²) in [5.41, 5.74) is 1.02. The van der Waals surface area contributed by atoms with Gasteiger partial charge in [0.1, 0.15) is 12.0 Å². The summed E-state index contributed by atoms with van der Waals surface area (Å²) >= 11 is 0. The Bertz CT molecular complexity index is 461. The summed E-state index contributed by atoms with van der Waals surface area (Å²) in [6, 6.07) is 8.15. The van der Waals surface area contributed by atoms with Gasteiger partial charge in [0.2, 0.25) is 0 Å². The van der Waals surface area contributed by atoms with Gasteiger partial charge in [0, 0.05) is 12.0 Å². The summed E-state index contributed by atoms with van der Waals surface area (Å²) in [5.74, 6) is 0.880. The molecule has 0 aromatic heterocycles. The molecule has 1 aromatic carbocycles. The molecular formula is C19H32N2O2. The highest BCUT2D eigenvalue weighted by Gasteiger charge is 2.24. The molecule has 0 aliphatic heterocycles. The Labute approximate surface area is 141 Å². The predicted molar refractivity (Wildman–Crippen MR) is 95.9 cm³/mol. The topological polar surface area (TPSA) is 32.8 Å². The first kappa shape index (κ1) is 19.7. The van der Waals surface area contributed by atoms with Crippen LogP contribution >= 0.6 is 0 Å². The number of carbonyl (C=O) groups excluding carboxylic acids is 1. The Balaban J connectivity index is 2.45. The fourth-order valence-corrected chi connectivity index (χ4v) is 2.42. The van der Waals surface area contributed by atoms with E-state index in [1.807, 2.05) is 12.1 Å². The molecule has 1 unspecified atom stereocenters. The van der Waals surface area contributed by atoms with E-state index in [1.165, 1.54) is 5.56 Å². The zero-order valence-corrected chi connectivity index (χ0v) is 15.3. The summed E-state index contributed by atoms with van der Waals surface area (Å²) in [5, 5.41) is 0. The van der Waals surface area contributed by atoms with Crippen molar-refractivity contribution >= 4 is 6.29 Å². The maximum atomic E-state index is 11.5. The first-order valence-corrected chi connectivity index (χ1v) is 8.39. The molecule has 0 N–H and O–H groups in total. The maximum Gasteiger partial charge on any atom is 0.125 e. The van der Waals surface area contributed by atoms with Crippen molar-refractivity contribution in [2.45, 2.75) is 33.2 Å². The normalized spacial score (nSPS) is 14.0. The van der Waals surface area contributed by atoms with Crippen LogP contribution in [0.2, 0.25) is 0 Å². The van der Waals surface area contributed by atoms with Crippen LogP contribution in [-0.4, -0.2) is 56.9 Å². The van der Waals surface area contributed by atoms with Crippen LogP contribution in [0.1, 0.15) is 32.3 Å². The highest BCUT2D eigenvalue weighted by atomic mass is 16.5. The Morgan fingerprint density at radius 2 is 1.65 bits per heavy atom. The number of ether oxygens (including phenoxy) is 1. The van der Waals surface area contributed by atoms with Crippen molar-refractivity contribution in [3.8, 4) is 5.75 Å². The van der Waals surface area contributed by atoms with E-state index < -0.39 is 0 Å². The third-order valence-electron chi connectivity index (χ3n) is 4.57. The molecule has 1 atom stereocenters. The van der Waals surface area contributed by atoms with Crippen molar-refractivity contribution in [1.29, 1.82) is 0 Å². The lowest BCUT2D eigenvalue weighted by Crippen LogP contribution is -2.31. The van der Waals surface area contributed by atoms with Crippen LogP contribution in [-0.2, 0) is 11.3 Å². The molecule has 0 saturated carbocycles. The van der Waals surface area contributed by atoms with Gasteiger partial charge in [0.05, 0.1) is 7.11 Å². The minimum Gasteiger partial charge on any atom is -0.497 e. The zero-order valence-electron chi connectivity index (χ0n) is 15.3. The lowest BCUT2D eigenvalue weighted by molar-refractivity contribution is -0.116. The molecule has 1 rings (SSSR count). The molecule has 0 radical (unpaired) electrons. The molecule has 130 valence electrons. The monoisotopic (exact) mass is 320 g/mol. The predicted octanol–water partition coefficient (Wildman–Crippen LogP) is 3.06. The van der Waals surface area contributed by atoms with Crippen molar-refractivity contribution in [2.24, 2.45) is 5.41 Å². The van der Waals surface area contributed by atoms with Gasteiger partial charge in [-0.15, -0.1) is 0 Å². The fourth-order valence-electron chi connectivity index (χ4n) is 2.42. The number of benzene rings is 1. The lowest BCUT2D eigenvalue weighted by Gasteiger charge is -2.28.